The largest absolute Gasteiger partial charge is 0.496 e. The third-order valence-electron chi connectivity index (χ3n) is 4.26. The first-order valence-corrected chi connectivity index (χ1v) is 9.77. The van der Waals surface area contributed by atoms with Crippen LogP contribution in [0.2, 0.25) is 0 Å². The first-order valence-electron chi connectivity index (χ1n) is 8.55. The lowest BCUT2D eigenvalue weighted by Gasteiger charge is -2.20. The number of anilines is 1. The van der Waals surface area contributed by atoms with Gasteiger partial charge in [-0.2, -0.15) is 0 Å². The number of hydrogen-bond donors (Lipinski definition) is 1. The zero-order valence-corrected chi connectivity index (χ0v) is 16.7. The number of nitrogens with one attached hydrogen (secondary N) is 1. The molecule has 0 heterocycles. The number of ether oxygens (including phenoxy) is 1. The van der Waals surface area contributed by atoms with Crippen molar-refractivity contribution in [3.8, 4) is 5.75 Å². The molecule has 2 aromatic rings. The molecular formula is C21H27NO2S. The van der Waals surface area contributed by atoms with Gasteiger partial charge in [0, 0.05) is 10.6 Å². The Morgan fingerprint density at radius 1 is 1.04 bits per heavy atom. The molecule has 2 aromatic carbocycles. The van der Waals surface area contributed by atoms with Crippen molar-refractivity contribution in [2.24, 2.45) is 0 Å². The Morgan fingerprint density at radius 3 is 2.12 bits per heavy atom. The number of benzene rings is 2. The van der Waals surface area contributed by atoms with Crippen LogP contribution < -0.4 is 10.1 Å². The molecule has 4 heteroatoms. The van der Waals surface area contributed by atoms with Gasteiger partial charge in [-0.25, -0.2) is 0 Å². The summed E-state index contributed by atoms with van der Waals surface area (Å²) in [4.78, 5) is 14.0. The predicted molar refractivity (Wildman–Crippen MR) is 107 cm³/mol. The van der Waals surface area contributed by atoms with E-state index in [0.29, 0.717) is 23.1 Å². The monoisotopic (exact) mass is 357 g/mol. The van der Waals surface area contributed by atoms with Gasteiger partial charge < -0.3 is 10.1 Å². The van der Waals surface area contributed by atoms with Crippen molar-refractivity contribution in [3.05, 3.63) is 53.1 Å². The van der Waals surface area contributed by atoms with Gasteiger partial charge in [0.1, 0.15) is 5.75 Å². The number of amides is 1. The highest BCUT2D eigenvalue weighted by molar-refractivity contribution is 7.98. The molecule has 0 spiro atoms. The van der Waals surface area contributed by atoms with Crippen LogP contribution in [-0.2, 0) is 0 Å². The molecule has 0 saturated heterocycles. The maximum atomic E-state index is 12.9. The van der Waals surface area contributed by atoms with E-state index in [0.717, 1.165) is 21.7 Å². The number of thioether (sulfide) groups is 1. The summed E-state index contributed by atoms with van der Waals surface area (Å²) in [5, 5.41) is 3.14. The van der Waals surface area contributed by atoms with Crippen molar-refractivity contribution >= 4 is 23.4 Å². The number of carbonyl (C=O) groups excluding carboxylic acids is 1. The van der Waals surface area contributed by atoms with E-state index < -0.39 is 0 Å². The van der Waals surface area contributed by atoms with Gasteiger partial charge in [0.2, 0.25) is 0 Å². The second-order valence-electron chi connectivity index (χ2n) is 6.64. The average Bonchev–Trinajstić information content (AvgIpc) is 2.60. The van der Waals surface area contributed by atoms with Gasteiger partial charge >= 0.3 is 0 Å². The van der Waals surface area contributed by atoms with Crippen LogP contribution in [0.5, 0.6) is 5.75 Å². The second kappa shape index (κ2) is 8.43. The molecule has 3 nitrogen and oxygen atoms in total. The van der Waals surface area contributed by atoms with E-state index >= 15 is 0 Å². The molecule has 0 unspecified atom stereocenters. The molecule has 1 N–H and O–H groups in total. The number of carbonyl (C=O) groups is 1. The van der Waals surface area contributed by atoms with Gasteiger partial charge in [0.15, 0.2) is 0 Å². The van der Waals surface area contributed by atoms with Crippen molar-refractivity contribution < 1.29 is 9.53 Å². The molecule has 0 atom stereocenters. The number of rotatable bonds is 6. The summed E-state index contributed by atoms with van der Waals surface area (Å²) < 4.78 is 5.43. The van der Waals surface area contributed by atoms with Crippen molar-refractivity contribution in [2.75, 3.05) is 18.7 Å². The fourth-order valence-corrected chi connectivity index (χ4v) is 3.29. The molecule has 0 fully saturated rings. The van der Waals surface area contributed by atoms with Crippen molar-refractivity contribution in [1.29, 1.82) is 0 Å². The predicted octanol–water partition coefficient (Wildman–Crippen LogP) is 5.92. The number of para-hydroxylation sites is 1. The van der Waals surface area contributed by atoms with Crippen molar-refractivity contribution in [2.45, 2.75) is 44.4 Å². The van der Waals surface area contributed by atoms with Gasteiger partial charge in [0.25, 0.3) is 5.91 Å². The maximum Gasteiger partial charge on any atom is 0.259 e. The fourth-order valence-electron chi connectivity index (χ4n) is 2.86. The SMILES string of the molecule is COc1cc(SC)ccc1C(=O)Nc1c(C(C)C)cccc1C(C)C. The first-order chi connectivity index (χ1) is 11.9. The topological polar surface area (TPSA) is 38.3 Å². The quantitative estimate of drug-likeness (QED) is 0.653. The van der Waals surface area contributed by atoms with Crippen LogP contribution in [0.15, 0.2) is 41.3 Å². The van der Waals surface area contributed by atoms with Crippen LogP contribution in [0.25, 0.3) is 0 Å². The normalized spacial score (nSPS) is 11.0. The van der Waals surface area contributed by atoms with E-state index in [2.05, 4.69) is 51.2 Å². The summed E-state index contributed by atoms with van der Waals surface area (Å²) in [7, 11) is 1.60. The third-order valence-corrected chi connectivity index (χ3v) is 4.99. The van der Waals surface area contributed by atoms with E-state index in [1.807, 2.05) is 24.5 Å². The number of hydrogen-bond acceptors (Lipinski definition) is 3. The van der Waals surface area contributed by atoms with E-state index in [-0.39, 0.29) is 5.91 Å². The maximum absolute atomic E-state index is 12.9. The van der Waals surface area contributed by atoms with Crippen LogP contribution in [0.4, 0.5) is 5.69 Å². The van der Waals surface area contributed by atoms with E-state index in [1.54, 1.807) is 18.9 Å². The molecule has 1 amide bonds. The van der Waals surface area contributed by atoms with Crippen LogP contribution in [-0.4, -0.2) is 19.3 Å². The van der Waals surface area contributed by atoms with Gasteiger partial charge in [-0.3, -0.25) is 4.79 Å². The molecule has 0 saturated carbocycles. The lowest BCUT2D eigenvalue weighted by molar-refractivity contribution is 0.102. The Morgan fingerprint density at radius 2 is 1.64 bits per heavy atom. The summed E-state index contributed by atoms with van der Waals surface area (Å²) in [6, 6.07) is 11.9. The van der Waals surface area contributed by atoms with E-state index in [1.165, 1.54) is 0 Å². The van der Waals surface area contributed by atoms with Crippen LogP contribution in [0.1, 0.15) is 61.0 Å². The molecule has 0 aliphatic carbocycles. The molecule has 0 aromatic heterocycles. The summed E-state index contributed by atoms with van der Waals surface area (Å²) >= 11 is 1.62. The fraction of sp³-hybridized carbons (Fsp3) is 0.381. The zero-order chi connectivity index (χ0) is 18.6. The Balaban J connectivity index is 2.44. The molecule has 2 rings (SSSR count). The summed E-state index contributed by atoms with van der Waals surface area (Å²) in [5.41, 5.74) is 3.78. The molecular weight excluding hydrogens is 330 g/mol. The average molecular weight is 358 g/mol. The van der Waals surface area contributed by atoms with Crippen LogP contribution in [0, 0.1) is 0 Å². The molecule has 0 bridgehead atoms. The summed E-state index contributed by atoms with van der Waals surface area (Å²) in [6.07, 6.45) is 2.00. The van der Waals surface area contributed by atoms with Gasteiger partial charge in [-0.1, -0.05) is 45.9 Å². The van der Waals surface area contributed by atoms with Gasteiger partial charge in [-0.05, 0) is 47.4 Å². The minimum Gasteiger partial charge on any atom is -0.496 e. The van der Waals surface area contributed by atoms with Crippen molar-refractivity contribution in [3.63, 3.8) is 0 Å². The van der Waals surface area contributed by atoms with Crippen LogP contribution >= 0.6 is 11.8 Å². The van der Waals surface area contributed by atoms with E-state index in [9.17, 15) is 4.79 Å². The third kappa shape index (κ3) is 4.37. The summed E-state index contributed by atoms with van der Waals surface area (Å²) in [5.74, 6) is 1.11. The molecule has 0 aliphatic rings. The lowest BCUT2D eigenvalue weighted by Crippen LogP contribution is -2.16. The van der Waals surface area contributed by atoms with Gasteiger partial charge in [-0.15, -0.1) is 11.8 Å². The molecule has 0 aliphatic heterocycles. The van der Waals surface area contributed by atoms with Gasteiger partial charge in [0.05, 0.1) is 12.7 Å². The Bertz CT molecular complexity index is 727. The minimum atomic E-state index is -0.139. The molecule has 25 heavy (non-hydrogen) atoms. The summed E-state index contributed by atoms with van der Waals surface area (Å²) in [6.45, 7) is 8.57. The zero-order valence-electron chi connectivity index (χ0n) is 15.8. The first kappa shape index (κ1) is 19.4. The Labute approximate surface area is 155 Å². The Hall–Kier alpha value is -1.94. The molecule has 0 radical (unpaired) electrons. The lowest BCUT2D eigenvalue weighted by atomic mass is 9.92. The van der Waals surface area contributed by atoms with E-state index in [4.69, 9.17) is 4.74 Å². The van der Waals surface area contributed by atoms with Crippen molar-refractivity contribution in [1.82, 2.24) is 0 Å². The molecule has 134 valence electrons. The number of methoxy groups -OCH3 is 1. The highest BCUT2D eigenvalue weighted by atomic mass is 32.2. The smallest absolute Gasteiger partial charge is 0.259 e. The standard InChI is InChI=1S/C21H27NO2S/c1-13(2)16-8-7-9-17(14(3)4)20(16)22-21(23)18-11-10-15(25-6)12-19(18)24-5/h7-14H,1-6H3,(H,22,23). The highest BCUT2D eigenvalue weighted by Crippen LogP contribution is 2.33. The minimum absolute atomic E-state index is 0.139. The second-order valence-corrected chi connectivity index (χ2v) is 7.52. The highest BCUT2D eigenvalue weighted by Gasteiger charge is 2.19. The van der Waals surface area contributed by atoms with Crippen LogP contribution in [0.3, 0.4) is 0 Å². The Kier molecular flexibility index (Phi) is 6.54.